The molecule has 1 N–H and O–H groups in total. The Kier molecular flexibility index (Phi) is 4.67. The number of hydrogen-bond donors (Lipinski definition) is 1. The van der Waals surface area contributed by atoms with Gasteiger partial charge in [0, 0.05) is 6.04 Å². The van der Waals surface area contributed by atoms with E-state index in [1.807, 2.05) is 0 Å². The van der Waals surface area contributed by atoms with E-state index >= 15 is 0 Å². The van der Waals surface area contributed by atoms with Gasteiger partial charge in [0.15, 0.2) is 0 Å². The Hall–Kier alpha value is 0.517. The summed E-state index contributed by atoms with van der Waals surface area (Å²) in [6, 6.07) is 0.916. The molecule has 0 unspecified atom stereocenters. The molecule has 0 aromatic carbocycles. The van der Waals surface area contributed by atoms with Gasteiger partial charge in [-0.25, -0.2) is 0 Å². The topological polar surface area (TPSA) is 15.3 Å². The summed E-state index contributed by atoms with van der Waals surface area (Å²) < 4.78 is 0. The van der Waals surface area contributed by atoms with E-state index < -0.39 is 0 Å². The summed E-state index contributed by atoms with van der Waals surface area (Å²) in [5.41, 5.74) is 0. The van der Waals surface area contributed by atoms with Crippen LogP contribution in [0.2, 0.25) is 0 Å². The second-order valence-electron chi connectivity index (χ2n) is 3.72. The predicted molar refractivity (Wildman–Crippen MR) is 53.8 cm³/mol. The predicted octanol–water partition coefficient (Wildman–Crippen LogP) is 0.186. The zero-order chi connectivity index (χ0) is 7.52. The number of nitrogens with one attached hydrogen (secondary N) is 1. The number of nitrogens with zero attached hydrogens (tertiary/aromatic N) is 1. The first-order valence-electron chi connectivity index (χ1n) is 4.91. The molecule has 2 fully saturated rings. The molecule has 12 heavy (non-hydrogen) atoms. The second-order valence-corrected chi connectivity index (χ2v) is 3.72. The van der Waals surface area contributed by atoms with E-state index in [1.54, 1.807) is 0 Å². The van der Waals surface area contributed by atoms with Gasteiger partial charge in [0.25, 0.3) is 0 Å². The fraction of sp³-hybridized carbons (Fsp3) is 1.00. The van der Waals surface area contributed by atoms with Crippen LogP contribution in [0.1, 0.15) is 25.7 Å². The van der Waals surface area contributed by atoms with Crippen LogP contribution in [0.25, 0.3) is 0 Å². The molecule has 66 valence electrons. The zero-order valence-electron chi connectivity index (χ0n) is 7.18. The van der Waals surface area contributed by atoms with Crippen molar-refractivity contribution in [1.82, 2.24) is 10.2 Å². The van der Waals surface area contributed by atoms with Crippen LogP contribution >= 0.6 is 0 Å². The Morgan fingerprint density at radius 2 is 1.58 bits per heavy atom. The number of piperidine rings is 1. The zero-order valence-corrected chi connectivity index (χ0v) is 7.18. The van der Waals surface area contributed by atoms with Gasteiger partial charge >= 0.3 is 18.9 Å². The molecular formula is C9H19LiN2. The molecule has 0 aromatic heterocycles. The molecule has 2 aliphatic rings. The summed E-state index contributed by atoms with van der Waals surface area (Å²) in [6.07, 6.45) is 5.62. The van der Waals surface area contributed by atoms with Crippen molar-refractivity contribution in [3.63, 3.8) is 0 Å². The standard InChI is InChI=1S/C9H18N2.Li.H/c1-2-8-11(7-1)9-3-5-10-6-4-9;;/h9-10H,1-8H2;;. The fourth-order valence-corrected chi connectivity index (χ4v) is 2.28. The van der Waals surface area contributed by atoms with Gasteiger partial charge in [0.1, 0.15) is 0 Å². The van der Waals surface area contributed by atoms with E-state index in [9.17, 15) is 0 Å². The van der Waals surface area contributed by atoms with E-state index in [2.05, 4.69) is 10.2 Å². The Bertz CT molecular complexity index is 118. The van der Waals surface area contributed by atoms with Crippen LogP contribution < -0.4 is 5.32 Å². The van der Waals surface area contributed by atoms with E-state index in [4.69, 9.17) is 0 Å². The van der Waals surface area contributed by atoms with Gasteiger partial charge < -0.3 is 10.2 Å². The Morgan fingerprint density at radius 3 is 2.17 bits per heavy atom. The summed E-state index contributed by atoms with van der Waals surface area (Å²) in [5, 5.41) is 3.41. The average molecular weight is 162 g/mol. The van der Waals surface area contributed by atoms with Crippen LogP contribution in [0.4, 0.5) is 0 Å². The summed E-state index contributed by atoms with van der Waals surface area (Å²) >= 11 is 0. The van der Waals surface area contributed by atoms with Gasteiger partial charge in [-0.2, -0.15) is 0 Å². The molecule has 3 heteroatoms. The summed E-state index contributed by atoms with van der Waals surface area (Å²) in [6.45, 7) is 5.21. The van der Waals surface area contributed by atoms with Crippen LogP contribution in [-0.2, 0) is 0 Å². The number of rotatable bonds is 1. The molecule has 2 aliphatic heterocycles. The van der Waals surface area contributed by atoms with Gasteiger partial charge in [0.05, 0.1) is 0 Å². The van der Waals surface area contributed by atoms with Crippen LogP contribution in [0.5, 0.6) is 0 Å². The molecule has 2 heterocycles. The molecular weight excluding hydrogens is 143 g/mol. The third-order valence-electron chi connectivity index (χ3n) is 2.97. The third-order valence-corrected chi connectivity index (χ3v) is 2.97. The van der Waals surface area contributed by atoms with Gasteiger partial charge in [-0.3, -0.25) is 0 Å². The van der Waals surface area contributed by atoms with Crippen molar-refractivity contribution in [2.45, 2.75) is 31.7 Å². The van der Waals surface area contributed by atoms with E-state index in [0.29, 0.717) is 0 Å². The number of likely N-dealkylation sites (tertiary alicyclic amines) is 1. The first-order chi connectivity index (χ1) is 5.47. The van der Waals surface area contributed by atoms with Crippen molar-refractivity contribution >= 4 is 18.9 Å². The Balaban J connectivity index is 0.000000720. The van der Waals surface area contributed by atoms with Crippen molar-refractivity contribution in [2.24, 2.45) is 0 Å². The quantitative estimate of drug-likeness (QED) is 0.553. The minimum absolute atomic E-state index is 0. The van der Waals surface area contributed by atoms with Crippen molar-refractivity contribution in [2.75, 3.05) is 26.2 Å². The maximum atomic E-state index is 3.41. The van der Waals surface area contributed by atoms with E-state index in [-0.39, 0.29) is 18.9 Å². The molecule has 0 bridgehead atoms. The van der Waals surface area contributed by atoms with Crippen LogP contribution in [0, 0.1) is 0 Å². The van der Waals surface area contributed by atoms with Crippen molar-refractivity contribution in [1.29, 1.82) is 0 Å². The van der Waals surface area contributed by atoms with E-state index in [0.717, 1.165) is 6.04 Å². The molecule has 0 atom stereocenters. The SMILES string of the molecule is C1CCN(C2CCNCC2)C1.[LiH]. The monoisotopic (exact) mass is 162 g/mol. The summed E-state index contributed by atoms with van der Waals surface area (Å²) in [4.78, 5) is 2.68. The molecule has 0 radical (unpaired) electrons. The summed E-state index contributed by atoms with van der Waals surface area (Å²) in [7, 11) is 0. The molecule has 2 saturated heterocycles. The van der Waals surface area contributed by atoms with Crippen LogP contribution in [-0.4, -0.2) is 56.0 Å². The third kappa shape index (κ3) is 2.50. The molecule has 0 amide bonds. The summed E-state index contributed by atoms with van der Waals surface area (Å²) in [5.74, 6) is 0. The fourth-order valence-electron chi connectivity index (χ4n) is 2.28. The molecule has 2 nitrogen and oxygen atoms in total. The number of hydrogen-bond acceptors (Lipinski definition) is 2. The molecule has 0 saturated carbocycles. The van der Waals surface area contributed by atoms with Crippen LogP contribution in [0.15, 0.2) is 0 Å². The van der Waals surface area contributed by atoms with Crippen molar-refractivity contribution in [3.8, 4) is 0 Å². The first-order valence-corrected chi connectivity index (χ1v) is 4.91. The first kappa shape index (κ1) is 10.6. The average Bonchev–Trinajstić information content (AvgIpc) is 2.58. The maximum absolute atomic E-state index is 3.41. The molecule has 2 rings (SSSR count). The molecule has 0 aliphatic carbocycles. The van der Waals surface area contributed by atoms with Gasteiger partial charge in [-0.05, 0) is 51.9 Å². The Labute approximate surface area is 87.3 Å². The molecule has 0 spiro atoms. The van der Waals surface area contributed by atoms with Crippen molar-refractivity contribution < 1.29 is 0 Å². The van der Waals surface area contributed by atoms with E-state index in [1.165, 1.54) is 51.9 Å². The van der Waals surface area contributed by atoms with Gasteiger partial charge in [0.2, 0.25) is 0 Å². The van der Waals surface area contributed by atoms with Gasteiger partial charge in [-0.15, -0.1) is 0 Å². The van der Waals surface area contributed by atoms with Crippen molar-refractivity contribution in [3.05, 3.63) is 0 Å². The van der Waals surface area contributed by atoms with Crippen LogP contribution in [0.3, 0.4) is 0 Å². The van der Waals surface area contributed by atoms with Gasteiger partial charge in [-0.1, -0.05) is 0 Å². The second kappa shape index (κ2) is 5.29. The molecule has 0 aromatic rings. The normalized spacial score (nSPS) is 27.0. The Morgan fingerprint density at radius 1 is 1.00 bits per heavy atom. The minimum atomic E-state index is 0.